The first kappa shape index (κ1) is 11.7. The van der Waals surface area contributed by atoms with Gasteiger partial charge in [0, 0.05) is 0 Å². The molecule has 0 aromatic heterocycles. The lowest BCUT2D eigenvalue weighted by molar-refractivity contribution is -0.189. The highest BCUT2D eigenvalue weighted by atomic mass is 19.4. The van der Waals surface area contributed by atoms with E-state index >= 15 is 0 Å². The summed E-state index contributed by atoms with van der Waals surface area (Å²) in [6.07, 6.45) is -6.24. The molecule has 0 saturated carbocycles. The van der Waals surface area contributed by atoms with Crippen molar-refractivity contribution in [1.29, 1.82) is 0 Å². The fourth-order valence-electron chi connectivity index (χ4n) is 1.01. The summed E-state index contributed by atoms with van der Waals surface area (Å²) < 4.78 is 41.3. The molecule has 2 nitrogen and oxygen atoms in total. The Hall–Kier alpha value is -1.39. The smallest absolute Gasteiger partial charge is 0.425 e. The van der Waals surface area contributed by atoms with E-state index in [0.29, 0.717) is 5.56 Å². The summed E-state index contributed by atoms with van der Waals surface area (Å²) in [5.41, 5.74) is 6.52. The molecule has 0 aliphatic rings. The van der Waals surface area contributed by atoms with Gasteiger partial charge in [0.25, 0.3) is 0 Å². The zero-order valence-electron chi connectivity index (χ0n) is 8.43. The van der Waals surface area contributed by atoms with Gasteiger partial charge in [0.05, 0.1) is 5.69 Å². The predicted octanol–water partition coefficient (Wildman–Crippen LogP) is 2.91. The Morgan fingerprint density at radius 2 is 1.93 bits per heavy atom. The number of aryl methyl sites for hydroxylation is 1. The van der Waals surface area contributed by atoms with Crippen molar-refractivity contribution in [1.82, 2.24) is 0 Å². The second-order valence-electron chi connectivity index (χ2n) is 3.29. The Morgan fingerprint density at radius 1 is 1.33 bits per heavy atom. The van der Waals surface area contributed by atoms with Gasteiger partial charge in [-0.15, -0.1) is 0 Å². The lowest BCUT2D eigenvalue weighted by atomic mass is 10.2. The molecule has 0 aliphatic carbocycles. The number of nitrogen functional groups attached to an aromatic ring is 1. The Labute approximate surface area is 85.8 Å². The van der Waals surface area contributed by atoms with Crippen LogP contribution < -0.4 is 10.5 Å². The lowest BCUT2D eigenvalue weighted by Crippen LogP contribution is -2.31. The van der Waals surface area contributed by atoms with E-state index in [1.165, 1.54) is 6.07 Å². The third kappa shape index (κ3) is 2.78. The van der Waals surface area contributed by atoms with Gasteiger partial charge in [0.15, 0.2) is 6.10 Å². The van der Waals surface area contributed by atoms with Crippen LogP contribution in [0.5, 0.6) is 5.75 Å². The van der Waals surface area contributed by atoms with E-state index in [1.54, 1.807) is 19.1 Å². The third-order valence-electron chi connectivity index (χ3n) is 2.05. The number of hydrogen-bond donors (Lipinski definition) is 1. The maximum atomic E-state index is 12.2. The van der Waals surface area contributed by atoms with E-state index in [4.69, 9.17) is 10.5 Å². The number of hydrogen-bond acceptors (Lipinski definition) is 2. The number of rotatable bonds is 2. The van der Waals surface area contributed by atoms with Crippen molar-refractivity contribution in [2.24, 2.45) is 0 Å². The minimum atomic E-state index is -4.38. The van der Waals surface area contributed by atoms with Crippen LogP contribution in [0.15, 0.2) is 18.2 Å². The molecule has 0 radical (unpaired) electrons. The zero-order valence-corrected chi connectivity index (χ0v) is 8.43. The van der Waals surface area contributed by atoms with E-state index in [2.05, 4.69) is 0 Å². The summed E-state index contributed by atoms with van der Waals surface area (Å²) in [5, 5.41) is 0. The molecule has 0 bridgehead atoms. The van der Waals surface area contributed by atoms with Crippen LogP contribution >= 0.6 is 0 Å². The highest BCUT2D eigenvalue weighted by Gasteiger charge is 2.38. The number of para-hydroxylation sites is 1. The van der Waals surface area contributed by atoms with Crippen molar-refractivity contribution < 1.29 is 17.9 Å². The molecule has 15 heavy (non-hydrogen) atoms. The van der Waals surface area contributed by atoms with Crippen molar-refractivity contribution in [3.8, 4) is 5.75 Å². The zero-order chi connectivity index (χ0) is 11.6. The van der Waals surface area contributed by atoms with E-state index in [9.17, 15) is 13.2 Å². The van der Waals surface area contributed by atoms with Crippen LogP contribution in [0.2, 0.25) is 0 Å². The number of alkyl halides is 3. The first-order valence-corrected chi connectivity index (χ1v) is 4.41. The van der Waals surface area contributed by atoms with Crippen LogP contribution in [0.1, 0.15) is 12.5 Å². The van der Waals surface area contributed by atoms with E-state index < -0.39 is 12.3 Å². The maximum absolute atomic E-state index is 12.2. The van der Waals surface area contributed by atoms with Gasteiger partial charge in [0.1, 0.15) is 5.75 Å². The number of halogens is 3. The number of ether oxygens (including phenoxy) is 1. The van der Waals surface area contributed by atoms with E-state index in [-0.39, 0.29) is 11.4 Å². The maximum Gasteiger partial charge on any atom is 0.425 e. The third-order valence-corrected chi connectivity index (χ3v) is 2.05. The molecule has 0 fully saturated rings. The van der Waals surface area contributed by atoms with Crippen molar-refractivity contribution in [2.75, 3.05) is 5.73 Å². The summed E-state index contributed by atoms with van der Waals surface area (Å²) in [6, 6.07) is 4.73. The number of benzene rings is 1. The molecule has 0 saturated heterocycles. The number of anilines is 1. The normalized spacial score (nSPS) is 13.7. The molecule has 1 rings (SSSR count). The summed E-state index contributed by atoms with van der Waals surface area (Å²) in [4.78, 5) is 0. The highest BCUT2D eigenvalue weighted by Crippen LogP contribution is 2.29. The van der Waals surface area contributed by atoms with Crippen LogP contribution in [-0.4, -0.2) is 12.3 Å². The molecular formula is C10H12F3NO. The van der Waals surface area contributed by atoms with Gasteiger partial charge in [-0.05, 0) is 25.5 Å². The van der Waals surface area contributed by atoms with Crippen LogP contribution in [0.3, 0.4) is 0 Å². The summed E-state index contributed by atoms with van der Waals surface area (Å²) >= 11 is 0. The molecule has 0 heterocycles. The van der Waals surface area contributed by atoms with Gasteiger partial charge in [-0.1, -0.05) is 12.1 Å². The molecule has 5 heteroatoms. The quantitative estimate of drug-likeness (QED) is 0.776. The van der Waals surface area contributed by atoms with Crippen LogP contribution in [0.25, 0.3) is 0 Å². The standard InChI is InChI=1S/C10H12F3NO/c1-6-4-3-5-8(9(6)14)15-7(2)10(11,12)13/h3-5,7H,14H2,1-2H3. The summed E-state index contributed by atoms with van der Waals surface area (Å²) in [6.45, 7) is 2.65. The van der Waals surface area contributed by atoms with Crippen LogP contribution in [0, 0.1) is 6.92 Å². The first-order valence-electron chi connectivity index (χ1n) is 4.41. The molecule has 0 aliphatic heterocycles. The summed E-state index contributed by atoms with van der Waals surface area (Å²) in [7, 11) is 0. The fourth-order valence-corrected chi connectivity index (χ4v) is 1.01. The van der Waals surface area contributed by atoms with Gasteiger partial charge in [0.2, 0.25) is 0 Å². The molecule has 0 amide bonds. The average Bonchev–Trinajstić information content (AvgIpc) is 2.11. The molecule has 84 valence electrons. The topological polar surface area (TPSA) is 35.2 Å². The van der Waals surface area contributed by atoms with Crippen molar-refractivity contribution in [3.63, 3.8) is 0 Å². The van der Waals surface area contributed by atoms with Gasteiger partial charge < -0.3 is 10.5 Å². The Balaban J connectivity index is 2.86. The highest BCUT2D eigenvalue weighted by molar-refractivity contribution is 5.57. The van der Waals surface area contributed by atoms with Gasteiger partial charge >= 0.3 is 6.18 Å². The van der Waals surface area contributed by atoms with Crippen LogP contribution in [-0.2, 0) is 0 Å². The molecule has 1 aromatic rings. The van der Waals surface area contributed by atoms with Gasteiger partial charge in [-0.3, -0.25) is 0 Å². The molecular weight excluding hydrogens is 207 g/mol. The Bertz CT molecular complexity index is 349. The second-order valence-corrected chi connectivity index (χ2v) is 3.29. The molecule has 2 N–H and O–H groups in total. The Kier molecular flexibility index (Phi) is 3.12. The molecule has 1 atom stereocenters. The SMILES string of the molecule is Cc1cccc(OC(C)C(F)(F)F)c1N. The monoisotopic (exact) mass is 219 g/mol. The van der Waals surface area contributed by atoms with E-state index in [0.717, 1.165) is 6.92 Å². The van der Waals surface area contributed by atoms with Crippen molar-refractivity contribution >= 4 is 5.69 Å². The number of nitrogens with two attached hydrogens (primary N) is 1. The minimum absolute atomic E-state index is 0.0693. The predicted molar refractivity (Wildman–Crippen MR) is 51.7 cm³/mol. The van der Waals surface area contributed by atoms with E-state index in [1.807, 2.05) is 0 Å². The van der Waals surface area contributed by atoms with Gasteiger partial charge in [-0.25, -0.2) is 0 Å². The fraction of sp³-hybridized carbons (Fsp3) is 0.400. The van der Waals surface area contributed by atoms with Crippen molar-refractivity contribution in [3.05, 3.63) is 23.8 Å². The van der Waals surface area contributed by atoms with Crippen LogP contribution in [0.4, 0.5) is 18.9 Å². The minimum Gasteiger partial charge on any atom is -0.479 e. The molecule has 0 spiro atoms. The average molecular weight is 219 g/mol. The molecule has 1 aromatic carbocycles. The first-order chi connectivity index (χ1) is 6.82. The Morgan fingerprint density at radius 3 is 2.47 bits per heavy atom. The summed E-state index contributed by atoms with van der Waals surface area (Å²) in [5.74, 6) is 0.0693. The van der Waals surface area contributed by atoms with Crippen molar-refractivity contribution in [2.45, 2.75) is 26.1 Å². The second kappa shape index (κ2) is 4.00. The lowest BCUT2D eigenvalue weighted by Gasteiger charge is -2.19. The molecule has 1 unspecified atom stereocenters. The largest absolute Gasteiger partial charge is 0.479 e. The van der Waals surface area contributed by atoms with Gasteiger partial charge in [-0.2, -0.15) is 13.2 Å².